The van der Waals surface area contributed by atoms with Gasteiger partial charge in [0.05, 0.1) is 0 Å². The number of Topliss-reactive ketones (excluding diaryl/α,β-unsaturated/α-hetero) is 1. The molecular formula is C13H20O2. The Morgan fingerprint density at radius 3 is 2.53 bits per heavy atom. The second-order valence-electron chi connectivity index (χ2n) is 5.27. The van der Waals surface area contributed by atoms with E-state index in [1.807, 2.05) is 27.7 Å². The van der Waals surface area contributed by atoms with Crippen LogP contribution in [-0.4, -0.2) is 11.6 Å². The van der Waals surface area contributed by atoms with Gasteiger partial charge in [-0.3, -0.25) is 9.59 Å². The average Bonchev–Trinajstić information content (AvgIpc) is 1.99. The molecule has 0 amide bonds. The Bertz CT molecular complexity index is 300. The fourth-order valence-electron chi connectivity index (χ4n) is 2.87. The Morgan fingerprint density at radius 2 is 2.07 bits per heavy atom. The highest BCUT2D eigenvalue weighted by atomic mass is 16.1. The van der Waals surface area contributed by atoms with Gasteiger partial charge in [-0.1, -0.05) is 26.8 Å². The Balaban J connectivity index is 2.94. The van der Waals surface area contributed by atoms with E-state index in [1.54, 1.807) is 12.2 Å². The fourth-order valence-corrected chi connectivity index (χ4v) is 2.87. The number of ketones is 2. The first-order valence-electron chi connectivity index (χ1n) is 5.56. The Morgan fingerprint density at radius 1 is 1.47 bits per heavy atom. The number of carbonyl (C=O) groups excluding carboxylic acids is 2. The van der Waals surface area contributed by atoms with Crippen LogP contribution in [0.25, 0.3) is 0 Å². The second-order valence-corrected chi connectivity index (χ2v) is 5.27. The molecule has 2 atom stereocenters. The molecular weight excluding hydrogens is 188 g/mol. The number of carbonyl (C=O) groups is 2. The third-order valence-electron chi connectivity index (χ3n) is 3.25. The smallest absolute Gasteiger partial charge is 0.159 e. The summed E-state index contributed by atoms with van der Waals surface area (Å²) in [5.41, 5.74) is -0.189. The summed E-state index contributed by atoms with van der Waals surface area (Å²) in [5.74, 6) is 0.621. The average molecular weight is 208 g/mol. The minimum atomic E-state index is -0.189. The number of rotatable bonds is 2. The van der Waals surface area contributed by atoms with Gasteiger partial charge < -0.3 is 0 Å². The van der Waals surface area contributed by atoms with Crippen LogP contribution in [-0.2, 0) is 9.59 Å². The normalized spacial score (nSPS) is 30.8. The van der Waals surface area contributed by atoms with Crippen LogP contribution in [0.1, 0.15) is 40.5 Å². The molecule has 2 heteroatoms. The molecule has 1 saturated carbocycles. The molecule has 1 fully saturated rings. The summed E-state index contributed by atoms with van der Waals surface area (Å²) < 4.78 is 0. The van der Waals surface area contributed by atoms with Crippen molar-refractivity contribution in [3.05, 3.63) is 12.2 Å². The highest BCUT2D eigenvalue weighted by molar-refractivity contribution is 5.94. The SMILES string of the molecule is CC=CC(=O)C1C(C)CC(=O)CC1(C)C. The Hall–Kier alpha value is -0.920. The van der Waals surface area contributed by atoms with Crippen molar-refractivity contribution in [1.29, 1.82) is 0 Å². The van der Waals surface area contributed by atoms with Crippen molar-refractivity contribution in [3.63, 3.8) is 0 Å². The second kappa shape index (κ2) is 4.30. The first-order chi connectivity index (χ1) is 6.88. The molecule has 0 bridgehead atoms. The largest absolute Gasteiger partial charge is 0.300 e. The van der Waals surface area contributed by atoms with Crippen LogP contribution in [0, 0.1) is 17.3 Å². The van der Waals surface area contributed by atoms with E-state index in [1.165, 1.54) is 0 Å². The van der Waals surface area contributed by atoms with E-state index in [2.05, 4.69) is 0 Å². The highest BCUT2D eigenvalue weighted by Gasteiger charge is 2.43. The molecule has 2 unspecified atom stereocenters. The molecule has 1 aliphatic rings. The molecule has 0 N–H and O–H groups in total. The van der Waals surface area contributed by atoms with Crippen LogP contribution in [0.5, 0.6) is 0 Å². The maximum Gasteiger partial charge on any atom is 0.159 e. The van der Waals surface area contributed by atoms with Crippen LogP contribution in [0.2, 0.25) is 0 Å². The van der Waals surface area contributed by atoms with E-state index >= 15 is 0 Å². The van der Waals surface area contributed by atoms with Crippen molar-refractivity contribution in [2.75, 3.05) is 0 Å². The number of hydrogen-bond donors (Lipinski definition) is 0. The predicted octanol–water partition coefficient (Wildman–Crippen LogP) is 2.77. The number of allylic oxidation sites excluding steroid dienone is 2. The molecule has 0 saturated heterocycles. The summed E-state index contributed by atoms with van der Waals surface area (Å²) in [6.07, 6.45) is 4.50. The van der Waals surface area contributed by atoms with Crippen LogP contribution in [0.15, 0.2) is 12.2 Å². The lowest BCUT2D eigenvalue weighted by molar-refractivity contribution is -0.134. The molecule has 0 aliphatic heterocycles. The predicted molar refractivity (Wildman–Crippen MR) is 60.5 cm³/mol. The van der Waals surface area contributed by atoms with E-state index in [4.69, 9.17) is 0 Å². The van der Waals surface area contributed by atoms with Crippen molar-refractivity contribution >= 4 is 11.6 Å². The summed E-state index contributed by atoms with van der Waals surface area (Å²) in [4.78, 5) is 23.4. The van der Waals surface area contributed by atoms with Gasteiger partial charge in [-0.25, -0.2) is 0 Å². The minimum absolute atomic E-state index is 0.00796. The van der Waals surface area contributed by atoms with Crippen molar-refractivity contribution in [2.45, 2.75) is 40.5 Å². The van der Waals surface area contributed by atoms with Gasteiger partial charge in [-0.2, -0.15) is 0 Å². The lowest BCUT2D eigenvalue weighted by Crippen LogP contribution is -2.42. The van der Waals surface area contributed by atoms with E-state index in [0.29, 0.717) is 12.8 Å². The maximum absolute atomic E-state index is 11.9. The fraction of sp³-hybridized carbons (Fsp3) is 0.692. The van der Waals surface area contributed by atoms with Gasteiger partial charge >= 0.3 is 0 Å². The van der Waals surface area contributed by atoms with E-state index in [0.717, 1.165) is 0 Å². The van der Waals surface area contributed by atoms with Gasteiger partial charge in [-0.15, -0.1) is 0 Å². The molecule has 0 aromatic carbocycles. The topological polar surface area (TPSA) is 34.1 Å². The summed E-state index contributed by atoms with van der Waals surface area (Å²) in [7, 11) is 0. The van der Waals surface area contributed by atoms with Crippen LogP contribution < -0.4 is 0 Å². The Labute approximate surface area is 91.7 Å². The standard InChI is InChI=1S/C13H20O2/c1-5-6-11(15)12-9(2)7-10(14)8-13(12,3)4/h5-6,9,12H,7-8H2,1-4H3. The van der Waals surface area contributed by atoms with Gasteiger partial charge in [0.2, 0.25) is 0 Å². The summed E-state index contributed by atoms with van der Waals surface area (Å²) in [5, 5.41) is 0. The van der Waals surface area contributed by atoms with Gasteiger partial charge in [0.25, 0.3) is 0 Å². The molecule has 0 heterocycles. The lowest BCUT2D eigenvalue weighted by atomic mass is 9.62. The third kappa shape index (κ3) is 2.55. The van der Waals surface area contributed by atoms with Crippen molar-refractivity contribution in [1.82, 2.24) is 0 Å². The molecule has 1 aliphatic carbocycles. The zero-order chi connectivity index (χ0) is 11.6. The highest BCUT2D eigenvalue weighted by Crippen LogP contribution is 2.42. The minimum Gasteiger partial charge on any atom is -0.300 e. The molecule has 84 valence electrons. The molecule has 15 heavy (non-hydrogen) atoms. The first kappa shape index (κ1) is 12.2. The first-order valence-corrected chi connectivity index (χ1v) is 5.56. The quantitative estimate of drug-likeness (QED) is 0.654. The van der Waals surface area contributed by atoms with Crippen LogP contribution in [0.4, 0.5) is 0 Å². The van der Waals surface area contributed by atoms with Crippen LogP contribution >= 0.6 is 0 Å². The Kier molecular flexibility index (Phi) is 3.48. The van der Waals surface area contributed by atoms with Gasteiger partial charge in [0.1, 0.15) is 5.78 Å². The van der Waals surface area contributed by atoms with Crippen molar-refractivity contribution in [3.8, 4) is 0 Å². The van der Waals surface area contributed by atoms with Gasteiger partial charge in [0, 0.05) is 18.8 Å². The third-order valence-corrected chi connectivity index (χ3v) is 3.25. The molecule has 0 radical (unpaired) electrons. The molecule has 1 rings (SSSR count). The summed E-state index contributed by atoms with van der Waals surface area (Å²) in [6.45, 7) is 7.90. The summed E-state index contributed by atoms with van der Waals surface area (Å²) in [6, 6.07) is 0. The van der Waals surface area contributed by atoms with E-state index < -0.39 is 0 Å². The zero-order valence-corrected chi connectivity index (χ0v) is 10.0. The molecule has 2 nitrogen and oxygen atoms in total. The van der Waals surface area contributed by atoms with Crippen molar-refractivity contribution < 1.29 is 9.59 Å². The van der Waals surface area contributed by atoms with E-state index in [-0.39, 0.29) is 28.8 Å². The molecule has 0 spiro atoms. The number of hydrogen-bond acceptors (Lipinski definition) is 2. The molecule has 0 aromatic heterocycles. The van der Waals surface area contributed by atoms with Crippen LogP contribution in [0.3, 0.4) is 0 Å². The monoisotopic (exact) mass is 208 g/mol. The maximum atomic E-state index is 11.9. The van der Waals surface area contributed by atoms with E-state index in [9.17, 15) is 9.59 Å². The molecule has 0 aromatic rings. The zero-order valence-electron chi connectivity index (χ0n) is 10.0. The summed E-state index contributed by atoms with van der Waals surface area (Å²) >= 11 is 0. The van der Waals surface area contributed by atoms with Gasteiger partial charge in [-0.05, 0) is 24.3 Å². The van der Waals surface area contributed by atoms with Crippen molar-refractivity contribution in [2.24, 2.45) is 17.3 Å². The van der Waals surface area contributed by atoms with Gasteiger partial charge in [0.15, 0.2) is 5.78 Å². The lowest BCUT2D eigenvalue weighted by Gasteiger charge is -2.40.